The highest BCUT2D eigenvalue weighted by Gasteiger charge is 2.21. The fourth-order valence-corrected chi connectivity index (χ4v) is 2.60. The number of ether oxygens (including phenoxy) is 2. The number of nitrogen functional groups attached to an aromatic ring is 1. The fourth-order valence-electron chi connectivity index (χ4n) is 2.60. The Hall–Kier alpha value is -1.66. The molecule has 1 amide bonds. The summed E-state index contributed by atoms with van der Waals surface area (Å²) in [5.74, 6) is 0.760. The number of para-hydroxylation sites is 2. The van der Waals surface area contributed by atoms with Crippen molar-refractivity contribution in [3.63, 3.8) is 0 Å². The van der Waals surface area contributed by atoms with Crippen molar-refractivity contribution >= 4 is 24.2 Å². The van der Waals surface area contributed by atoms with Crippen molar-refractivity contribution in [2.75, 3.05) is 51.7 Å². The molecule has 1 fully saturated rings. The number of benzene rings is 1. The molecule has 0 bridgehead atoms. The molecule has 1 aliphatic heterocycles. The lowest BCUT2D eigenvalue weighted by Gasteiger charge is -2.33. The molecule has 0 atom stereocenters. The maximum atomic E-state index is 11.6. The van der Waals surface area contributed by atoms with Gasteiger partial charge in [0.25, 0.3) is 0 Å². The monoisotopic (exact) mass is 357 g/mol. The van der Waals surface area contributed by atoms with Crippen LogP contribution in [-0.2, 0) is 4.74 Å². The lowest BCUT2D eigenvalue weighted by molar-refractivity contribution is 0.0789. The van der Waals surface area contributed by atoms with E-state index in [4.69, 9.17) is 15.2 Å². The van der Waals surface area contributed by atoms with Gasteiger partial charge >= 0.3 is 6.09 Å². The number of carbonyl (C=O) groups excluding carboxylic acids is 1. The van der Waals surface area contributed by atoms with Crippen LogP contribution in [-0.4, -0.2) is 61.8 Å². The molecule has 2 N–H and O–H groups in total. The predicted octanol–water partition coefficient (Wildman–Crippen LogP) is 2.62. The van der Waals surface area contributed by atoms with Crippen molar-refractivity contribution in [3.05, 3.63) is 24.3 Å². The quantitative estimate of drug-likeness (QED) is 0.600. The molecule has 0 radical (unpaired) electrons. The maximum absolute atomic E-state index is 11.6. The van der Waals surface area contributed by atoms with Gasteiger partial charge in [0.15, 0.2) is 0 Å². The van der Waals surface area contributed by atoms with E-state index < -0.39 is 0 Å². The molecular formula is C17H28ClN3O3. The second-order valence-electron chi connectivity index (χ2n) is 5.62. The van der Waals surface area contributed by atoms with E-state index in [1.165, 1.54) is 0 Å². The Morgan fingerprint density at radius 2 is 1.88 bits per heavy atom. The zero-order valence-corrected chi connectivity index (χ0v) is 15.1. The van der Waals surface area contributed by atoms with E-state index in [0.717, 1.165) is 51.3 Å². The van der Waals surface area contributed by atoms with Gasteiger partial charge in [0.05, 0.1) is 18.9 Å². The zero-order chi connectivity index (χ0) is 16.5. The Kier molecular flexibility index (Phi) is 9.34. The lowest BCUT2D eigenvalue weighted by atomic mass is 10.2. The molecule has 0 spiro atoms. The standard InChI is InChI=1S/C17H27N3O3.ClH/c1-2-22-17(21)20-12-10-19(11-13-20)9-5-6-14-23-16-8-4-3-7-15(16)18;/h3-4,7-8H,2,5-6,9-14,18H2,1H3;1H. The molecule has 1 aromatic rings. The number of unbranched alkanes of at least 4 members (excludes halogenated alkanes) is 1. The van der Waals surface area contributed by atoms with Crippen LogP contribution in [0.3, 0.4) is 0 Å². The first-order valence-corrected chi connectivity index (χ1v) is 8.32. The minimum absolute atomic E-state index is 0. The number of hydrogen-bond donors (Lipinski definition) is 1. The van der Waals surface area contributed by atoms with Gasteiger partial charge < -0.3 is 20.1 Å². The third-order valence-corrected chi connectivity index (χ3v) is 3.94. The van der Waals surface area contributed by atoms with E-state index in [2.05, 4.69) is 4.90 Å². The van der Waals surface area contributed by atoms with Crippen molar-refractivity contribution in [2.24, 2.45) is 0 Å². The van der Waals surface area contributed by atoms with E-state index in [0.29, 0.717) is 18.9 Å². The normalized spacial score (nSPS) is 14.8. The second kappa shape index (κ2) is 11.0. The first-order valence-electron chi connectivity index (χ1n) is 8.32. The smallest absolute Gasteiger partial charge is 0.409 e. The summed E-state index contributed by atoms with van der Waals surface area (Å²) in [5.41, 5.74) is 6.52. The van der Waals surface area contributed by atoms with Gasteiger partial charge in [-0.15, -0.1) is 12.4 Å². The number of nitrogens with zero attached hydrogens (tertiary/aromatic N) is 2. The fraction of sp³-hybridized carbons (Fsp3) is 0.588. The van der Waals surface area contributed by atoms with Crippen LogP contribution in [0.1, 0.15) is 19.8 Å². The molecule has 0 aromatic heterocycles. The van der Waals surface area contributed by atoms with Crippen LogP contribution < -0.4 is 10.5 Å². The Labute approximate surface area is 150 Å². The average Bonchev–Trinajstić information content (AvgIpc) is 2.57. The Morgan fingerprint density at radius 1 is 1.17 bits per heavy atom. The maximum Gasteiger partial charge on any atom is 0.409 e. The molecule has 1 aliphatic rings. The summed E-state index contributed by atoms with van der Waals surface area (Å²) in [4.78, 5) is 15.8. The Balaban J connectivity index is 0.00000288. The lowest BCUT2D eigenvalue weighted by Crippen LogP contribution is -2.49. The highest BCUT2D eigenvalue weighted by molar-refractivity contribution is 5.85. The van der Waals surface area contributed by atoms with Gasteiger partial charge in [-0.2, -0.15) is 0 Å². The van der Waals surface area contributed by atoms with Crippen LogP contribution in [0, 0.1) is 0 Å². The van der Waals surface area contributed by atoms with Gasteiger partial charge in [-0.05, 0) is 38.4 Å². The van der Waals surface area contributed by atoms with Crippen molar-refractivity contribution < 1.29 is 14.3 Å². The molecule has 1 heterocycles. The molecule has 7 heteroatoms. The highest BCUT2D eigenvalue weighted by Crippen LogP contribution is 2.19. The van der Waals surface area contributed by atoms with Crippen molar-refractivity contribution in [1.82, 2.24) is 9.80 Å². The molecule has 0 aliphatic carbocycles. The predicted molar refractivity (Wildman–Crippen MR) is 97.9 cm³/mol. The molecular weight excluding hydrogens is 330 g/mol. The number of rotatable bonds is 7. The van der Waals surface area contributed by atoms with Crippen molar-refractivity contribution in [1.29, 1.82) is 0 Å². The van der Waals surface area contributed by atoms with Crippen LogP contribution in [0.25, 0.3) is 0 Å². The topological polar surface area (TPSA) is 68.0 Å². The van der Waals surface area contributed by atoms with Gasteiger partial charge in [-0.1, -0.05) is 12.1 Å². The van der Waals surface area contributed by atoms with E-state index in [1.54, 1.807) is 4.90 Å². The van der Waals surface area contributed by atoms with E-state index in [1.807, 2.05) is 31.2 Å². The van der Waals surface area contributed by atoms with Gasteiger partial charge in [0.2, 0.25) is 0 Å². The van der Waals surface area contributed by atoms with Crippen LogP contribution >= 0.6 is 12.4 Å². The third-order valence-electron chi connectivity index (χ3n) is 3.94. The number of hydrogen-bond acceptors (Lipinski definition) is 5. The van der Waals surface area contributed by atoms with Crippen molar-refractivity contribution in [2.45, 2.75) is 19.8 Å². The Morgan fingerprint density at radius 3 is 2.54 bits per heavy atom. The second-order valence-corrected chi connectivity index (χ2v) is 5.62. The summed E-state index contributed by atoms with van der Waals surface area (Å²) >= 11 is 0. The molecule has 1 saturated heterocycles. The number of piperazine rings is 1. The molecule has 1 aromatic carbocycles. The molecule has 2 rings (SSSR count). The van der Waals surface area contributed by atoms with Gasteiger partial charge in [0.1, 0.15) is 5.75 Å². The summed E-state index contributed by atoms with van der Waals surface area (Å²) in [6.07, 6.45) is 1.87. The molecule has 136 valence electrons. The number of halogens is 1. The molecule has 6 nitrogen and oxygen atoms in total. The number of amides is 1. The van der Waals surface area contributed by atoms with Gasteiger partial charge in [-0.25, -0.2) is 4.79 Å². The van der Waals surface area contributed by atoms with Crippen molar-refractivity contribution in [3.8, 4) is 5.75 Å². The number of nitrogens with two attached hydrogens (primary N) is 1. The minimum Gasteiger partial charge on any atom is -0.491 e. The summed E-state index contributed by atoms with van der Waals surface area (Å²) in [6.45, 7) is 7.29. The van der Waals surface area contributed by atoms with E-state index in [-0.39, 0.29) is 18.5 Å². The average molecular weight is 358 g/mol. The van der Waals surface area contributed by atoms with Crippen LogP contribution in [0.2, 0.25) is 0 Å². The first-order chi connectivity index (χ1) is 11.2. The van der Waals surface area contributed by atoms with Crippen LogP contribution in [0.4, 0.5) is 10.5 Å². The van der Waals surface area contributed by atoms with E-state index >= 15 is 0 Å². The molecule has 0 unspecified atom stereocenters. The summed E-state index contributed by atoms with van der Waals surface area (Å²) < 4.78 is 10.7. The highest BCUT2D eigenvalue weighted by atomic mass is 35.5. The number of anilines is 1. The first kappa shape index (κ1) is 20.4. The van der Waals surface area contributed by atoms with Crippen LogP contribution in [0.5, 0.6) is 5.75 Å². The van der Waals surface area contributed by atoms with E-state index in [9.17, 15) is 4.79 Å². The van der Waals surface area contributed by atoms with Gasteiger partial charge in [-0.3, -0.25) is 4.90 Å². The summed E-state index contributed by atoms with van der Waals surface area (Å²) in [7, 11) is 0. The Bertz CT molecular complexity index is 494. The zero-order valence-electron chi connectivity index (χ0n) is 14.3. The summed E-state index contributed by atoms with van der Waals surface area (Å²) in [5, 5.41) is 0. The summed E-state index contributed by atoms with van der Waals surface area (Å²) in [6, 6.07) is 7.56. The molecule has 24 heavy (non-hydrogen) atoms. The molecule has 0 saturated carbocycles. The number of carbonyl (C=O) groups is 1. The largest absolute Gasteiger partial charge is 0.491 e. The SMILES string of the molecule is CCOC(=O)N1CCN(CCCCOc2ccccc2N)CC1.Cl. The van der Waals surface area contributed by atoms with Gasteiger partial charge in [0, 0.05) is 26.2 Å². The third kappa shape index (κ3) is 6.45. The minimum atomic E-state index is -0.194. The van der Waals surface area contributed by atoms with Crippen LogP contribution in [0.15, 0.2) is 24.3 Å².